The van der Waals surface area contributed by atoms with Gasteiger partial charge in [0.2, 0.25) is 0 Å². The van der Waals surface area contributed by atoms with E-state index in [0.717, 1.165) is 5.52 Å². The summed E-state index contributed by atoms with van der Waals surface area (Å²) >= 11 is 0. The molecule has 0 aliphatic rings. The first-order valence-corrected chi connectivity index (χ1v) is 7.45. The molecule has 118 valence electrons. The Morgan fingerprint density at radius 1 is 1.09 bits per heavy atom. The van der Waals surface area contributed by atoms with E-state index in [2.05, 4.69) is 45.3 Å². The van der Waals surface area contributed by atoms with Gasteiger partial charge < -0.3 is 10.2 Å². The summed E-state index contributed by atoms with van der Waals surface area (Å²) in [6.45, 7) is 2.71. The standard InChI is InChI=1S/C18H19FN4/c1-12-8-15(23(2)3)6-4-13(12)10-20-18-16-9-14(19)5-7-17(16)21-11-22-18/h4-9,11H,10H2,1-3H3,(H,20,21,22). The van der Waals surface area contributed by atoms with Gasteiger partial charge in [0.05, 0.1) is 5.52 Å². The molecule has 0 saturated heterocycles. The van der Waals surface area contributed by atoms with Gasteiger partial charge in [-0.15, -0.1) is 0 Å². The van der Waals surface area contributed by atoms with E-state index in [1.54, 1.807) is 6.07 Å². The minimum Gasteiger partial charge on any atom is -0.378 e. The van der Waals surface area contributed by atoms with Crippen LogP contribution >= 0.6 is 0 Å². The highest BCUT2D eigenvalue weighted by molar-refractivity contribution is 5.88. The summed E-state index contributed by atoms with van der Waals surface area (Å²) in [5, 5.41) is 3.98. The molecule has 1 heterocycles. The molecule has 0 atom stereocenters. The van der Waals surface area contributed by atoms with Crippen LogP contribution in [-0.4, -0.2) is 24.1 Å². The van der Waals surface area contributed by atoms with E-state index in [1.807, 2.05) is 14.1 Å². The minimum absolute atomic E-state index is 0.290. The molecule has 0 spiro atoms. The van der Waals surface area contributed by atoms with Crippen molar-refractivity contribution in [3.8, 4) is 0 Å². The summed E-state index contributed by atoms with van der Waals surface area (Å²) < 4.78 is 13.5. The largest absolute Gasteiger partial charge is 0.378 e. The highest BCUT2D eigenvalue weighted by atomic mass is 19.1. The van der Waals surface area contributed by atoms with E-state index >= 15 is 0 Å². The summed E-state index contributed by atoms with van der Waals surface area (Å²) in [6.07, 6.45) is 1.49. The third-order valence-electron chi connectivity index (χ3n) is 3.89. The zero-order valence-electron chi connectivity index (χ0n) is 13.5. The Labute approximate surface area is 135 Å². The molecule has 1 aromatic heterocycles. The fraction of sp³-hybridized carbons (Fsp3) is 0.222. The maximum atomic E-state index is 13.5. The van der Waals surface area contributed by atoms with Gasteiger partial charge in [-0.25, -0.2) is 14.4 Å². The van der Waals surface area contributed by atoms with Crippen molar-refractivity contribution in [1.82, 2.24) is 9.97 Å². The van der Waals surface area contributed by atoms with Crippen LogP contribution in [0.1, 0.15) is 11.1 Å². The van der Waals surface area contributed by atoms with Crippen molar-refractivity contribution in [2.24, 2.45) is 0 Å². The van der Waals surface area contributed by atoms with Crippen LogP contribution in [0, 0.1) is 12.7 Å². The lowest BCUT2D eigenvalue weighted by Gasteiger charge is -2.16. The van der Waals surface area contributed by atoms with Crippen LogP contribution in [0.15, 0.2) is 42.7 Å². The SMILES string of the molecule is Cc1cc(N(C)C)ccc1CNc1ncnc2ccc(F)cc12. The minimum atomic E-state index is -0.290. The Kier molecular flexibility index (Phi) is 4.10. The number of benzene rings is 2. The lowest BCUT2D eigenvalue weighted by molar-refractivity contribution is 0.629. The van der Waals surface area contributed by atoms with E-state index < -0.39 is 0 Å². The Hall–Kier alpha value is -2.69. The average molecular weight is 310 g/mol. The number of aromatic nitrogens is 2. The molecule has 0 fully saturated rings. The first-order valence-electron chi connectivity index (χ1n) is 7.45. The number of halogens is 1. The lowest BCUT2D eigenvalue weighted by Crippen LogP contribution is -2.10. The number of nitrogens with zero attached hydrogens (tertiary/aromatic N) is 3. The molecule has 5 heteroatoms. The molecule has 0 radical (unpaired) electrons. The second-order valence-electron chi connectivity index (χ2n) is 5.74. The summed E-state index contributed by atoms with van der Waals surface area (Å²) in [6, 6.07) is 10.9. The van der Waals surface area contributed by atoms with Gasteiger partial charge in [-0.1, -0.05) is 6.07 Å². The average Bonchev–Trinajstić information content (AvgIpc) is 2.53. The first kappa shape index (κ1) is 15.2. The summed E-state index contributed by atoms with van der Waals surface area (Å²) in [5.74, 6) is 0.354. The summed E-state index contributed by atoms with van der Waals surface area (Å²) in [7, 11) is 4.04. The van der Waals surface area contributed by atoms with Gasteiger partial charge in [0.25, 0.3) is 0 Å². The predicted octanol–water partition coefficient (Wildman–Crippen LogP) is 3.76. The zero-order chi connectivity index (χ0) is 16.4. The lowest BCUT2D eigenvalue weighted by atomic mass is 10.1. The molecular weight excluding hydrogens is 291 g/mol. The number of rotatable bonds is 4. The van der Waals surface area contributed by atoms with Crippen molar-refractivity contribution in [3.63, 3.8) is 0 Å². The summed E-state index contributed by atoms with van der Waals surface area (Å²) in [5.41, 5.74) is 4.27. The van der Waals surface area contributed by atoms with Crippen LogP contribution in [0.4, 0.5) is 15.9 Å². The Morgan fingerprint density at radius 2 is 1.91 bits per heavy atom. The van der Waals surface area contributed by atoms with Gasteiger partial charge in [-0.2, -0.15) is 0 Å². The fourth-order valence-corrected chi connectivity index (χ4v) is 2.51. The molecule has 1 N–H and O–H groups in total. The van der Waals surface area contributed by atoms with E-state index in [1.165, 1.54) is 35.3 Å². The Bertz CT molecular complexity index is 846. The van der Waals surface area contributed by atoms with Gasteiger partial charge >= 0.3 is 0 Å². The highest BCUT2D eigenvalue weighted by Crippen LogP contribution is 2.22. The smallest absolute Gasteiger partial charge is 0.137 e. The molecule has 3 rings (SSSR count). The van der Waals surface area contributed by atoms with Crippen molar-refractivity contribution in [3.05, 3.63) is 59.7 Å². The second kappa shape index (κ2) is 6.20. The van der Waals surface area contributed by atoms with E-state index in [-0.39, 0.29) is 5.82 Å². The number of hydrogen-bond donors (Lipinski definition) is 1. The van der Waals surface area contributed by atoms with Crippen molar-refractivity contribution in [2.75, 3.05) is 24.3 Å². The van der Waals surface area contributed by atoms with E-state index in [0.29, 0.717) is 17.7 Å². The van der Waals surface area contributed by atoms with Crippen molar-refractivity contribution in [2.45, 2.75) is 13.5 Å². The van der Waals surface area contributed by atoms with Crippen LogP contribution in [0.2, 0.25) is 0 Å². The van der Waals surface area contributed by atoms with Crippen LogP contribution in [0.25, 0.3) is 10.9 Å². The number of anilines is 2. The second-order valence-corrected chi connectivity index (χ2v) is 5.74. The molecule has 0 amide bonds. The highest BCUT2D eigenvalue weighted by Gasteiger charge is 2.06. The maximum absolute atomic E-state index is 13.5. The quantitative estimate of drug-likeness (QED) is 0.797. The van der Waals surface area contributed by atoms with Gasteiger partial charge in [0.1, 0.15) is 18.0 Å². The van der Waals surface area contributed by atoms with E-state index in [4.69, 9.17) is 0 Å². The monoisotopic (exact) mass is 310 g/mol. The Morgan fingerprint density at radius 3 is 2.65 bits per heavy atom. The Balaban J connectivity index is 1.85. The molecule has 0 aliphatic heterocycles. The third kappa shape index (κ3) is 3.23. The maximum Gasteiger partial charge on any atom is 0.137 e. The van der Waals surface area contributed by atoms with Gasteiger partial charge in [-0.3, -0.25) is 0 Å². The number of fused-ring (bicyclic) bond motifs is 1. The van der Waals surface area contributed by atoms with Crippen molar-refractivity contribution >= 4 is 22.4 Å². The van der Waals surface area contributed by atoms with Crippen molar-refractivity contribution in [1.29, 1.82) is 0 Å². The molecule has 0 unspecified atom stereocenters. The topological polar surface area (TPSA) is 41.0 Å². The molecular formula is C18H19FN4. The third-order valence-corrected chi connectivity index (χ3v) is 3.89. The molecule has 0 bridgehead atoms. The van der Waals surface area contributed by atoms with Gasteiger partial charge in [0.15, 0.2) is 0 Å². The molecule has 0 saturated carbocycles. The number of nitrogens with one attached hydrogen (secondary N) is 1. The molecule has 3 aromatic rings. The number of aryl methyl sites for hydroxylation is 1. The van der Waals surface area contributed by atoms with Crippen molar-refractivity contribution < 1.29 is 4.39 Å². The molecule has 4 nitrogen and oxygen atoms in total. The van der Waals surface area contributed by atoms with Crippen LogP contribution in [-0.2, 0) is 6.54 Å². The zero-order valence-corrected chi connectivity index (χ0v) is 13.5. The van der Waals surface area contributed by atoms with Gasteiger partial charge in [-0.05, 0) is 48.4 Å². The molecule has 0 aliphatic carbocycles. The first-order chi connectivity index (χ1) is 11.0. The van der Waals surface area contributed by atoms with Crippen LogP contribution < -0.4 is 10.2 Å². The number of hydrogen-bond acceptors (Lipinski definition) is 4. The van der Waals surface area contributed by atoms with Crippen LogP contribution in [0.3, 0.4) is 0 Å². The predicted molar refractivity (Wildman–Crippen MR) is 92.3 cm³/mol. The van der Waals surface area contributed by atoms with Crippen LogP contribution in [0.5, 0.6) is 0 Å². The fourth-order valence-electron chi connectivity index (χ4n) is 2.51. The molecule has 23 heavy (non-hydrogen) atoms. The molecule has 2 aromatic carbocycles. The van der Waals surface area contributed by atoms with E-state index in [9.17, 15) is 4.39 Å². The summed E-state index contributed by atoms with van der Waals surface area (Å²) in [4.78, 5) is 10.5. The normalized spacial score (nSPS) is 10.8. The van der Waals surface area contributed by atoms with Gasteiger partial charge in [0, 0.05) is 31.7 Å².